The fourth-order valence-electron chi connectivity index (χ4n) is 10.5. The normalized spacial score (nSPS) is 15.2. The average molecular weight is 780 g/mol. The first-order valence-electron chi connectivity index (χ1n) is 21.4. The highest BCUT2D eigenvalue weighted by Crippen LogP contribution is 2.61. The molecule has 9 aromatic rings. The van der Waals surface area contributed by atoms with E-state index in [9.17, 15) is 0 Å². The van der Waals surface area contributed by atoms with Gasteiger partial charge in [0.1, 0.15) is 0 Å². The van der Waals surface area contributed by atoms with Gasteiger partial charge in [-0.15, -0.1) is 0 Å². The van der Waals surface area contributed by atoms with E-state index in [2.05, 4.69) is 206 Å². The molecule has 12 rings (SSSR count). The molecule has 1 atom stereocenters. The van der Waals surface area contributed by atoms with Crippen molar-refractivity contribution < 1.29 is 0 Å². The Kier molecular flexibility index (Phi) is 8.34. The van der Waals surface area contributed by atoms with E-state index < -0.39 is 5.41 Å². The van der Waals surface area contributed by atoms with Crippen molar-refractivity contribution in [2.45, 2.75) is 30.6 Å². The molecule has 3 aliphatic rings. The summed E-state index contributed by atoms with van der Waals surface area (Å²) in [7, 11) is 0. The molecule has 1 spiro atoms. The van der Waals surface area contributed by atoms with Crippen LogP contribution in [-0.2, 0) is 5.41 Å². The number of benzene rings is 8. The van der Waals surface area contributed by atoms with E-state index in [1.807, 2.05) is 0 Å². The van der Waals surface area contributed by atoms with Gasteiger partial charge in [-0.2, -0.15) is 0 Å². The monoisotopic (exact) mass is 779 g/mol. The first-order chi connectivity index (χ1) is 30.2. The fourth-order valence-corrected chi connectivity index (χ4v) is 10.5. The molecule has 288 valence electrons. The standard InChI is InChI=1S/C58H41N3/c1-3-17-38(18-4-1)40-21-15-23-42(35-40)55-59-56(43-24-16-22-41(36-43)39-19-5-2-6-20-39)61-57(60-55)44-33-34-54-50(37-44)49-29-11-14-32-53(49)58(54)51-30-12-9-27-47(51)45-25-7-8-26-46(45)48-28-10-13-31-52(48)58/h1-5,7-18,21-37,39H,6,19-20H2. The third-order valence-electron chi connectivity index (χ3n) is 13.2. The highest BCUT2D eigenvalue weighted by molar-refractivity contribution is 5.97. The molecule has 1 unspecified atom stereocenters. The third kappa shape index (κ3) is 5.68. The molecule has 8 aromatic carbocycles. The van der Waals surface area contributed by atoms with Gasteiger partial charge in [0.2, 0.25) is 0 Å². The summed E-state index contributed by atoms with van der Waals surface area (Å²) in [6.45, 7) is 0. The lowest BCUT2D eigenvalue weighted by molar-refractivity contribution is 0.617. The van der Waals surface area contributed by atoms with E-state index in [0.29, 0.717) is 23.4 Å². The SMILES string of the molecule is C1=CCC(c2cccc(-c3nc(-c4cccc(-c5ccccc5)c4)nc(-c4ccc5c(c4)-c4ccccc4C54c5ccccc5-c5ccccc5-c5ccccc54)n3)c2)CC1. The van der Waals surface area contributed by atoms with Crippen LogP contribution in [0.4, 0.5) is 0 Å². The van der Waals surface area contributed by atoms with E-state index in [1.54, 1.807) is 0 Å². The number of hydrogen-bond acceptors (Lipinski definition) is 3. The van der Waals surface area contributed by atoms with Crippen molar-refractivity contribution in [1.82, 2.24) is 15.0 Å². The molecular weight excluding hydrogens is 739 g/mol. The Bertz CT molecular complexity index is 3130. The van der Waals surface area contributed by atoms with Gasteiger partial charge in [0.25, 0.3) is 0 Å². The Balaban J connectivity index is 1.07. The topological polar surface area (TPSA) is 38.7 Å². The summed E-state index contributed by atoms with van der Waals surface area (Å²) in [5.41, 5.74) is 18.6. The van der Waals surface area contributed by atoms with Crippen LogP contribution in [0.2, 0.25) is 0 Å². The molecular formula is C58H41N3. The van der Waals surface area contributed by atoms with Crippen LogP contribution >= 0.6 is 0 Å². The molecule has 0 amide bonds. The summed E-state index contributed by atoms with van der Waals surface area (Å²) < 4.78 is 0. The quantitative estimate of drug-likeness (QED) is 0.163. The third-order valence-corrected chi connectivity index (χ3v) is 13.2. The number of nitrogens with zero attached hydrogens (tertiary/aromatic N) is 3. The van der Waals surface area contributed by atoms with Crippen molar-refractivity contribution in [2.75, 3.05) is 0 Å². The van der Waals surface area contributed by atoms with Crippen molar-refractivity contribution >= 4 is 0 Å². The maximum Gasteiger partial charge on any atom is 0.164 e. The zero-order chi connectivity index (χ0) is 40.3. The van der Waals surface area contributed by atoms with Crippen LogP contribution in [-0.4, -0.2) is 15.0 Å². The molecule has 3 heteroatoms. The molecule has 1 aromatic heterocycles. The van der Waals surface area contributed by atoms with Crippen molar-refractivity contribution in [1.29, 1.82) is 0 Å². The summed E-state index contributed by atoms with van der Waals surface area (Å²) in [5, 5.41) is 0. The Labute approximate surface area is 356 Å². The smallest absolute Gasteiger partial charge is 0.164 e. The molecule has 0 aliphatic heterocycles. The second-order valence-electron chi connectivity index (χ2n) is 16.6. The summed E-state index contributed by atoms with van der Waals surface area (Å²) in [5.74, 6) is 2.49. The van der Waals surface area contributed by atoms with Crippen LogP contribution in [0.1, 0.15) is 53.0 Å². The second-order valence-corrected chi connectivity index (χ2v) is 16.6. The van der Waals surface area contributed by atoms with Gasteiger partial charge < -0.3 is 0 Å². The summed E-state index contributed by atoms with van der Waals surface area (Å²) in [4.78, 5) is 15.9. The molecule has 61 heavy (non-hydrogen) atoms. The number of allylic oxidation sites excluding steroid dienone is 2. The van der Waals surface area contributed by atoms with Gasteiger partial charge in [-0.1, -0.05) is 188 Å². The number of hydrogen-bond donors (Lipinski definition) is 0. The molecule has 3 nitrogen and oxygen atoms in total. The summed E-state index contributed by atoms with van der Waals surface area (Å²) in [6.07, 6.45) is 7.94. The summed E-state index contributed by atoms with van der Waals surface area (Å²) >= 11 is 0. The van der Waals surface area contributed by atoms with Crippen LogP contribution in [0.15, 0.2) is 206 Å². The molecule has 0 saturated carbocycles. The van der Waals surface area contributed by atoms with Crippen molar-refractivity contribution in [3.8, 4) is 78.7 Å². The van der Waals surface area contributed by atoms with Crippen LogP contribution in [0, 0.1) is 0 Å². The van der Waals surface area contributed by atoms with E-state index >= 15 is 0 Å². The lowest BCUT2D eigenvalue weighted by atomic mass is 9.66. The highest BCUT2D eigenvalue weighted by Gasteiger charge is 2.49. The van der Waals surface area contributed by atoms with Crippen LogP contribution in [0.5, 0.6) is 0 Å². The number of aromatic nitrogens is 3. The van der Waals surface area contributed by atoms with Gasteiger partial charge in [-0.3, -0.25) is 0 Å². The minimum atomic E-state index is -0.543. The molecule has 0 radical (unpaired) electrons. The molecule has 0 fully saturated rings. The molecule has 0 bridgehead atoms. The van der Waals surface area contributed by atoms with Crippen LogP contribution in [0.3, 0.4) is 0 Å². The Morgan fingerprint density at radius 1 is 0.344 bits per heavy atom. The van der Waals surface area contributed by atoms with Crippen LogP contribution < -0.4 is 0 Å². The van der Waals surface area contributed by atoms with Gasteiger partial charge >= 0.3 is 0 Å². The average Bonchev–Trinajstić information content (AvgIpc) is 3.58. The summed E-state index contributed by atoms with van der Waals surface area (Å²) in [6, 6.07) is 70.8. The maximum atomic E-state index is 5.33. The van der Waals surface area contributed by atoms with Gasteiger partial charge in [0.05, 0.1) is 5.41 Å². The Hall–Kier alpha value is -7.49. The second kappa shape index (κ2) is 14.4. The first-order valence-corrected chi connectivity index (χ1v) is 21.4. The zero-order valence-electron chi connectivity index (χ0n) is 33.7. The molecule has 0 N–H and O–H groups in total. The fraction of sp³-hybridized carbons (Fsp3) is 0.0862. The maximum absolute atomic E-state index is 5.33. The molecule has 0 saturated heterocycles. The number of rotatable bonds is 5. The van der Waals surface area contributed by atoms with Gasteiger partial charge in [-0.05, 0) is 116 Å². The van der Waals surface area contributed by atoms with E-state index in [4.69, 9.17) is 15.0 Å². The van der Waals surface area contributed by atoms with E-state index in [-0.39, 0.29) is 0 Å². The lowest BCUT2D eigenvalue weighted by Crippen LogP contribution is -2.29. The highest BCUT2D eigenvalue weighted by atomic mass is 15.0. The molecule has 3 aliphatic carbocycles. The molecule has 1 heterocycles. The minimum absolute atomic E-state index is 0.490. The Morgan fingerprint density at radius 2 is 0.820 bits per heavy atom. The van der Waals surface area contributed by atoms with Gasteiger partial charge in [0.15, 0.2) is 17.5 Å². The van der Waals surface area contributed by atoms with Crippen molar-refractivity contribution in [2.24, 2.45) is 0 Å². The Morgan fingerprint density at radius 3 is 1.43 bits per heavy atom. The van der Waals surface area contributed by atoms with Crippen LogP contribution in [0.25, 0.3) is 78.7 Å². The predicted molar refractivity (Wildman–Crippen MR) is 249 cm³/mol. The van der Waals surface area contributed by atoms with E-state index in [0.717, 1.165) is 47.1 Å². The minimum Gasteiger partial charge on any atom is -0.208 e. The van der Waals surface area contributed by atoms with Crippen molar-refractivity contribution in [3.63, 3.8) is 0 Å². The number of fused-ring (bicyclic) bond motifs is 12. The zero-order valence-corrected chi connectivity index (χ0v) is 33.7. The van der Waals surface area contributed by atoms with E-state index in [1.165, 1.54) is 61.2 Å². The van der Waals surface area contributed by atoms with Gasteiger partial charge in [-0.25, -0.2) is 15.0 Å². The largest absolute Gasteiger partial charge is 0.208 e. The predicted octanol–water partition coefficient (Wildman–Crippen LogP) is 14.4. The van der Waals surface area contributed by atoms with Gasteiger partial charge in [0, 0.05) is 16.7 Å². The first kappa shape index (κ1) is 35.5. The lowest BCUT2D eigenvalue weighted by Gasteiger charge is -2.35. The van der Waals surface area contributed by atoms with Crippen molar-refractivity contribution in [3.05, 3.63) is 234 Å².